The standard InChI is InChI=1S/C17H23N3/c1-2-9-18-13-15-12-14-7-3-4-8-16(14)19-17(15)20-10-5-6-11-20/h3-4,7-8,12,18H,2,5-6,9-11,13H2,1H3. The summed E-state index contributed by atoms with van der Waals surface area (Å²) in [6.45, 7) is 6.47. The molecule has 0 bridgehead atoms. The Labute approximate surface area is 121 Å². The van der Waals surface area contributed by atoms with Crippen LogP contribution >= 0.6 is 0 Å². The number of nitrogens with one attached hydrogen (secondary N) is 1. The van der Waals surface area contributed by atoms with Gasteiger partial charge in [0, 0.05) is 30.6 Å². The van der Waals surface area contributed by atoms with Crippen molar-refractivity contribution in [2.75, 3.05) is 24.5 Å². The fourth-order valence-corrected chi connectivity index (χ4v) is 2.88. The van der Waals surface area contributed by atoms with Gasteiger partial charge in [-0.1, -0.05) is 25.1 Å². The molecule has 0 atom stereocenters. The zero-order valence-electron chi connectivity index (χ0n) is 12.2. The summed E-state index contributed by atoms with van der Waals surface area (Å²) < 4.78 is 0. The Balaban J connectivity index is 1.96. The fourth-order valence-electron chi connectivity index (χ4n) is 2.88. The molecule has 2 heterocycles. The largest absolute Gasteiger partial charge is 0.356 e. The van der Waals surface area contributed by atoms with Gasteiger partial charge in [0.05, 0.1) is 5.52 Å². The third-order valence-electron chi connectivity index (χ3n) is 3.93. The first-order chi connectivity index (χ1) is 9.88. The number of benzene rings is 1. The quantitative estimate of drug-likeness (QED) is 0.844. The van der Waals surface area contributed by atoms with Crippen LogP contribution in [0.1, 0.15) is 31.7 Å². The molecule has 1 fully saturated rings. The van der Waals surface area contributed by atoms with E-state index in [0.717, 1.165) is 31.7 Å². The fraction of sp³-hybridized carbons (Fsp3) is 0.471. The van der Waals surface area contributed by atoms with Crippen molar-refractivity contribution in [1.29, 1.82) is 0 Å². The Morgan fingerprint density at radius 2 is 2.00 bits per heavy atom. The van der Waals surface area contributed by atoms with Gasteiger partial charge in [-0.2, -0.15) is 0 Å². The molecule has 0 saturated carbocycles. The molecule has 1 saturated heterocycles. The van der Waals surface area contributed by atoms with E-state index in [4.69, 9.17) is 4.98 Å². The highest BCUT2D eigenvalue weighted by Gasteiger charge is 2.17. The van der Waals surface area contributed by atoms with Crippen LogP contribution in [-0.2, 0) is 6.54 Å². The molecule has 0 amide bonds. The highest BCUT2D eigenvalue weighted by atomic mass is 15.2. The lowest BCUT2D eigenvalue weighted by Crippen LogP contribution is -2.23. The molecule has 1 aliphatic heterocycles. The second kappa shape index (κ2) is 6.23. The maximum Gasteiger partial charge on any atom is 0.133 e. The molecule has 1 aromatic carbocycles. The minimum absolute atomic E-state index is 0.914. The Morgan fingerprint density at radius 1 is 1.20 bits per heavy atom. The van der Waals surface area contributed by atoms with E-state index in [2.05, 4.69) is 47.5 Å². The summed E-state index contributed by atoms with van der Waals surface area (Å²) in [5.74, 6) is 1.19. The number of rotatable bonds is 5. The van der Waals surface area contributed by atoms with Crippen LogP contribution in [-0.4, -0.2) is 24.6 Å². The third-order valence-corrected chi connectivity index (χ3v) is 3.93. The van der Waals surface area contributed by atoms with Gasteiger partial charge in [-0.25, -0.2) is 4.98 Å². The molecule has 1 aliphatic rings. The molecule has 0 spiro atoms. The van der Waals surface area contributed by atoms with Crippen molar-refractivity contribution in [1.82, 2.24) is 10.3 Å². The van der Waals surface area contributed by atoms with Gasteiger partial charge >= 0.3 is 0 Å². The lowest BCUT2D eigenvalue weighted by Gasteiger charge is -2.21. The van der Waals surface area contributed by atoms with Crippen molar-refractivity contribution in [3.8, 4) is 0 Å². The van der Waals surface area contributed by atoms with Crippen molar-refractivity contribution in [3.63, 3.8) is 0 Å². The normalized spacial score (nSPS) is 15.2. The van der Waals surface area contributed by atoms with Gasteiger partial charge < -0.3 is 10.2 Å². The summed E-state index contributed by atoms with van der Waals surface area (Å²) in [5, 5.41) is 4.75. The first kappa shape index (κ1) is 13.4. The zero-order valence-corrected chi connectivity index (χ0v) is 12.2. The van der Waals surface area contributed by atoms with Crippen LogP contribution in [0.25, 0.3) is 10.9 Å². The molecule has 3 nitrogen and oxygen atoms in total. The van der Waals surface area contributed by atoms with Crippen LogP contribution < -0.4 is 10.2 Å². The summed E-state index contributed by atoms with van der Waals surface area (Å²) in [6, 6.07) is 10.7. The van der Waals surface area contributed by atoms with Crippen LogP contribution in [0.4, 0.5) is 5.82 Å². The summed E-state index contributed by atoms with van der Waals surface area (Å²) in [5.41, 5.74) is 2.44. The van der Waals surface area contributed by atoms with E-state index in [0.29, 0.717) is 0 Å². The van der Waals surface area contributed by atoms with Crippen molar-refractivity contribution in [3.05, 3.63) is 35.9 Å². The van der Waals surface area contributed by atoms with Crippen LogP contribution in [0.3, 0.4) is 0 Å². The smallest absolute Gasteiger partial charge is 0.133 e. The third kappa shape index (κ3) is 2.78. The molecule has 0 radical (unpaired) electrons. The van der Waals surface area contributed by atoms with Gasteiger partial charge in [-0.15, -0.1) is 0 Å². The highest BCUT2D eigenvalue weighted by molar-refractivity contribution is 5.81. The van der Waals surface area contributed by atoms with Gasteiger partial charge in [-0.05, 0) is 37.9 Å². The van der Waals surface area contributed by atoms with Gasteiger partial charge in [0.25, 0.3) is 0 Å². The van der Waals surface area contributed by atoms with Gasteiger partial charge in [0.2, 0.25) is 0 Å². The predicted octanol–water partition coefficient (Wildman–Crippen LogP) is 3.33. The maximum absolute atomic E-state index is 4.92. The molecule has 106 valence electrons. The molecule has 3 rings (SSSR count). The second-order valence-electron chi connectivity index (χ2n) is 5.53. The summed E-state index contributed by atoms with van der Waals surface area (Å²) in [7, 11) is 0. The van der Waals surface area contributed by atoms with Crippen LogP contribution in [0.5, 0.6) is 0 Å². The first-order valence-corrected chi connectivity index (χ1v) is 7.73. The van der Waals surface area contributed by atoms with E-state index >= 15 is 0 Å². The average Bonchev–Trinajstić information content (AvgIpc) is 3.01. The Bertz CT molecular complexity index is 573. The molecule has 20 heavy (non-hydrogen) atoms. The number of para-hydroxylation sites is 1. The topological polar surface area (TPSA) is 28.2 Å². The zero-order chi connectivity index (χ0) is 13.8. The molecular formula is C17H23N3. The summed E-state index contributed by atoms with van der Waals surface area (Å²) in [4.78, 5) is 7.36. The summed E-state index contributed by atoms with van der Waals surface area (Å²) >= 11 is 0. The van der Waals surface area contributed by atoms with Crippen LogP contribution in [0.2, 0.25) is 0 Å². The van der Waals surface area contributed by atoms with E-state index in [1.54, 1.807) is 0 Å². The van der Waals surface area contributed by atoms with E-state index in [9.17, 15) is 0 Å². The lowest BCUT2D eigenvalue weighted by atomic mass is 10.1. The maximum atomic E-state index is 4.92. The van der Waals surface area contributed by atoms with E-state index in [1.165, 1.54) is 36.0 Å². The second-order valence-corrected chi connectivity index (χ2v) is 5.53. The van der Waals surface area contributed by atoms with Gasteiger partial charge in [-0.3, -0.25) is 0 Å². The monoisotopic (exact) mass is 269 g/mol. The number of fused-ring (bicyclic) bond motifs is 1. The van der Waals surface area contributed by atoms with Gasteiger partial charge in [0.15, 0.2) is 0 Å². The molecule has 1 N–H and O–H groups in total. The number of aromatic nitrogens is 1. The van der Waals surface area contributed by atoms with E-state index < -0.39 is 0 Å². The average molecular weight is 269 g/mol. The molecule has 0 aliphatic carbocycles. The first-order valence-electron chi connectivity index (χ1n) is 7.73. The SMILES string of the molecule is CCCNCc1cc2ccccc2nc1N1CCCC1. The number of hydrogen-bond donors (Lipinski definition) is 1. The molecule has 1 aromatic heterocycles. The van der Waals surface area contributed by atoms with Gasteiger partial charge in [0.1, 0.15) is 5.82 Å². The highest BCUT2D eigenvalue weighted by Crippen LogP contribution is 2.26. The van der Waals surface area contributed by atoms with Crippen molar-refractivity contribution in [2.45, 2.75) is 32.7 Å². The van der Waals surface area contributed by atoms with Crippen LogP contribution in [0, 0.1) is 0 Å². The summed E-state index contributed by atoms with van der Waals surface area (Å²) in [6.07, 6.45) is 3.74. The van der Waals surface area contributed by atoms with Crippen LogP contribution in [0.15, 0.2) is 30.3 Å². The molecular weight excluding hydrogens is 246 g/mol. The Kier molecular flexibility index (Phi) is 4.16. The minimum Gasteiger partial charge on any atom is -0.356 e. The van der Waals surface area contributed by atoms with Crippen molar-refractivity contribution >= 4 is 16.7 Å². The molecule has 0 unspecified atom stereocenters. The van der Waals surface area contributed by atoms with E-state index in [1.807, 2.05) is 0 Å². The van der Waals surface area contributed by atoms with E-state index in [-0.39, 0.29) is 0 Å². The number of pyridine rings is 1. The van der Waals surface area contributed by atoms with Crippen molar-refractivity contribution in [2.24, 2.45) is 0 Å². The molecule has 3 heteroatoms. The minimum atomic E-state index is 0.914. The number of hydrogen-bond acceptors (Lipinski definition) is 3. The predicted molar refractivity (Wildman–Crippen MR) is 85.2 cm³/mol. The van der Waals surface area contributed by atoms with Crippen molar-refractivity contribution < 1.29 is 0 Å². The number of anilines is 1. The number of nitrogens with zero attached hydrogens (tertiary/aromatic N) is 2. The molecule has 2 aromatic rings. The Hall–Kier alpha value is -1.61. The Morgan fingerprint density at radius 3 is 2.80 bits per heavy atom. The lowest BCUT2D eigenvalue weighted by molar-refractivity contribution is 0.673.